The lowest BCUT2D eigenvalue weighted by atomic mass is 10.1. The fourth-order valence-electron chi connectivity index (χ4n) is 2.18. The lowest BCUT2D eigenvalue weighted by Gasteiger charge is -2.09. The minimum absolute atomic E-state index is 0.0804. The van der Waals surface area contributed by atoms with Gasteiger partial charge in [0.2, 0.25) is 10.0 Å². The van der Waals surface area contributed by atoms with Gasteiger partial charge in [-0.3, -0.25) is 0 Å². The first kappa shape index (κ1) is 15.9. The minimum Gasteiger partial charge on any atom is -0.399 e. The molecule has 0 saturated carbocycles. The standard InChI is InChI=1S/C15H18N2O2S2/c1-10-5-11(2)7-12(6-10)9-20-14-4-3-13(16)8-15(14)21(17,18)19/h3-8H,9,16H2,1-2H3,(H2,17,18,19). The third kappa shape index (κ3) is 4.23. The molecule has 2 aromatic rings. The van der Waals surface area contributed by atoms with E-state index in [-0.39, 0.29) is 4.90 Å². The Bertz CT molecular complexity index is 751. The lowest BCUT2D eigenvalue weighted by molar-refractivity contribution is 0.596. The van der Waals surface area contributed by atoms with Crippen molar-refractivity contribution in [3.8, 4) is 0 Å². The average Bonchev–Trinajstić information content (AvgIpc) is 2.35. The van der Waals surface area contributed by atoms with Crippen LogP contribution in [-0.4, -0.2) is 8.42 Å². The molecule has 0 atom stereocenters. The second-order valence-electron chi connectivity index (χ2n) is 5.04. The Morgan fingerprint density at radius 1 is 1.05 bits per heavy atom. The van der Waals surface area contributed by atoms with Crippen molar-refractivity contribution in [3.63, 3.8) is 0 Å². The molecular weight excluding hydrogens is 304 g/mol. The van der Waals surface area contributed by atoms with Crippen LogP contribution in [0.4, 0.5) is 5.69 Å². The molecule has 112 valence electrons. The number of aryl methyl sites for hydroxylation is 2. The van der Waals surface area contributed by atoms with E-state index in [9.17, 15) is 8.42 Å². The van der Waals surface area contributed by atoms with Crippen LogP contribution in [0.3, 0.4) is 0 Å². The van der Waals surface area contributed by atoms with Gasteiger partial charge in [0.15, 0.2) is 0 Å². The van der Waals surface area contributed by atoms with Gasteiger partial charge in [0, 0.05) is 16.3 Å². The molecule has 0 saturated heterocycles. The summed E-state index contributed by atoms with van der Waals surface area (Å²) in [4.78, 5) is 0.697. The number of anilines is 1. The molecule has 0 spiro atoms. The van der Waals surface area contributed by atoms with Crippen molar-refractivity contribution in [2.75, 3.05) is 5.73 Å². The lowest BCUT2D eigenvalue weighted by Crippen LogP contribution is -2.13. The second-order valence-corrected chi connectivity index (χ2v) is 7.58. The first-order valence-corrected chi connectivity index (χ1v) is 8.91. The van der Waals surface area contributed by atoms with Gasteiger partial charge in [-0.15, -0.1) is 11.8 Å². The summed E-state index contributed by atoms with van der Waals surface area (Å²) in [6.07, 6.45) is 0. The molecule has 2 rings (SSSR count). The van der Waals surface area contributed by atoms with Gasteiger partial charge in [0.25, 0.3) is 0 Å². The third-order valence-corrected chi connectivity index (χ3v) is 5.17. The highest BCUT2D eigenvalue weighted by atomic mass is 32.2. The van der Waals surface area contributed by atoms with Gasteiger partial charge in [0.1, 0.15) is 0 Å². The van der Waals surface area contributed by atoms with Crippen LogP contribution >= 0.6 is 11.8 Å². The molecule has 0 amide bonds. The van der Waals surface area contributed by atoms with Gasteiger partial charge in [-0.25, -0.2) is 13.6 Å². The first-order chi connectivity index (χ1) is 9.75. The van der Waals surface area contributed by atoms with Crippen LogP contribution < -0.4 is 10.9 Å². The van der Waals surface area contributed by atoms with E-state index in [0.717, 1.165) is 5.56 Å². The van der Waals surface area contributed by atoms with E-state index in [1.807, 2.05) is 13.8 Å². The molecule has 4 nitrogen and oxygen atoms in total. The van der Waals surface area contributed by atoms with E-state index in [1.165, 1.54) is 29.0 Å². The molecule has 0 fully saturated rings. The number of primary sulfonamides is 1. The minimum atomic E-state index is -3.78. The average molecular weight is 322 g/mol. The Morgan fingerprint density at radius 2 is 1.67 bits per heavy atom. The predicted molar refractivity (Wildman–Crippen MR) is 87.7 cm³/mol. The number of rotatable bonds is 4. The first-order valence-electron chi connectivity index (χ1n) is 6.38. The van der Waals surface area contributed by atoms with Crippen molar-refractivity contribution in [2.45, 2.75) is 29.4 Å². The Hall–Kier alpha value is -1.50. The summed E-state index contributed by atoms with van der Waals surface area (Å²) in [5.74, 6) is 0.676. The Kier molecular flexibility index (Phi) is 4.61. The SMILES string of the molecule is Cc1cc(C)cc(CSc2ccc(N)cc2S(N)(=O)=O)c1. The number of benzene rings is 2. The van der Waals surface area contributed by atoms with Gasteiger partial charge in [-0.1, -0.05) is 29.3 Å². The Labute approximate surface area is 129 Å². The molecule has 4 N–H and O–H groups in total. The van der Waals surface area contributed by atoms with E-state index in [4.69, 9.17) is 10.9 Å². The van der Waals surface area contributed by atoms with Crippen molar-refractivity contribution in [1.29, 1.82) is 0 Å². The van der Waals surface area contributed by atoms with Gasteiger partial charge >= 0.3 is 0 Å². The molecule has 0 aliphatic heterocycles. The number of sulfonamides is 1. The quantitative estimate of drug-likeness (QED) is 0.669. The monoisotopic (exact) mass is 322 g/mol. The number of nitrogen functional groups attached to an aromatic ring is 1. The molecule has 2 aromatic carbocycles. The van der Waals surface area contributed by atoms with Gasteiger partial charge < -0.3 is 5.73 Å². The van der Waals surface area contributed by atoms with Crippen molar-refractivity contribution >= 4 is 27.5 Å². The number of thioether (sulfide) groups is 1. The fraction of sp³-hybridized carbons (Fsp3) is 0.200. The molecule has 6 heteroatoms. The highest BCUT2D eigenvalue weighted by Gasteiger charge is 2.15. The van der Waals surface area contributed by atoms with Gasteiger partial charge in [0.05, 0.1) is 4.90 Å². The number of hydrogen-bond donors (Lipinski definition) is 2. The van der Waals surface area contributed by atoms with Crippen LogP contribution in [-0.2, 0) is 15.8 Å². The zero-order valence-corrected chi connectivity index (χ0v) is 13.6. The summed E-state index contributed by atoms with van der Waals surface area (Å²) in [6.45, 7) is 4.08. The Morgan fingerprint density at radius 3 is 2.24 bits per heavy atom. The van der Waals surface area contributed by atoms with Crippen LogP contribution in [0, 0.1) is 13.8 Å². The maximum atomic E-state index is 11.6. The maximum Gasteiger partial charge on any atom is 0.239 e. The summed E-state index contributed by atoms with van der Waals surface area (Å²) < 4.78 is 23.3. The van der Waals surface area contributed by atoms with Crippen molar-refractivity contribution < 1.29 is 8.42 Å². The third-order valence-electron chi connectivity index (χ3n) is 2.95. The largest absolute Gasteiger partial charge is 0.399 e. The highest BCUT2D eigenvalue weighted by Crippen LogP contribution is 2.30. The summed E-state index contributed by atoms with van der Waals surface area (Å²) in [7, 11) is -3.78. The van der Waals surface area contributed by atoms with Crippen LogP contribution in [0.5, 0.6) is 0 Å². The highest BCUT2D eigenvalue weighted by molar-refractivity contribution is 7.99. The maximum absolute atomic E-state index is 11.6. The smallest absolute Gasteiger partial charge is 0.239 e. The van der Waals surface area contributed by atoms with E-state index >= 15 is 0 Å². The van der Waals surface area contributed by atoms with E-state index in [0.29, 0.717) is 16.3 Å². The predicted octanol–water partition coefficient (Wildman–Crippen LogP) is 2.83. The van der Waals surface area contributed by atoms with E-state index < -0.39 is 10.0 Å². The van der Waals surface area contributed by atoms with Crippen molar-refractivity contribution in [2.24, 2.45) is 5.14 Å². The fourth-order valence-corrected chi connectivity index (χ4v) is 4.21. The molecule has 21 heavy (non-hydrogen) atoms. The van der Waals surface area contributed by atoms with Crippen LogP contribution in [0.2, 0.25) is 0 Å². The molecular formula is C15H18N2O2S2. The summed E-state index contributed by atoms with van der Waals surface area (Å²) in [5, 5.41) is 5.25. The van der Waals surface area contributed by atoms with Gasteiger partial charge in [-0.05, 0) is 37.6 Å². The zero-order valence-electron chi connectivity index (χ0n) is 12.0. The van der Waals surface area contributed by atoms with Crippen molar-refractivity contribution in [1.82, 2.24) is 0 Å². The van der Waals surface area contributed by atoms with E-state index in [1.54, 1.807) is 12.1 Å². The van der Waals surface area contributed by atoms with Crippen LogP contribution in [0.25, 0.3) is 0 Å². The molecule has 0 aliphatic carbocycles. The summed E-state index contributed by atoms with van der Waals surface area (Å²) >= 11 is 1.44. The summed E-state index contributed by atoms with van der Waals surface area (Å²) in [6, 6.07) is 11.1. The molecule has 0 heterocycles. The molecule has 0 radical (unpaired) electrons. The molecule has 0 unspecified atom stereocenters. The van der Waals surface area contributed by atoms with Gasteiger partial charge in [-0.2, -0.15) is 0 Å². The van der Waals surface area contributed by atoms with Crippen molar-refractivity contribution in [3.05, 3.63) is 53.1 Å². The normalized spacial score (nSPS) is 11.6. The Balaban J connectivity index is 2.28. The second kappa shape index (κ2) is 6.09. The van der Waals surface area contributed by atoms with E-state index in [2.05, 4.69) is 18.2 Å². The molecule has 0 bridgehead atoms. The topological polar surface area (TPSA) is 86.2 Å². The molecule has 0 aromatic heterocycles. The zero-order chi connectivity index (χ0) is 15.6. The van der Waals surface area contributed by atoms with Crippen LogP contribution in [0.15, 0.2) is 46.2 Å². The number of hydrogen-bond acceptors (Lipinski definition) is 4. The summed E-state index contributed by atoms with van der Waals surface area (Å²) in [5.41, 5.74) is 9.55. The molecule has 0 aliphatic rings. The van der Waals surface area contributed by atoms with Crippen LogP contribution in [0.1, 0.15) is 16.7 Å². The number of nitrogens with two attached hydrogens (primary N) is 2.